The molecule has 0 fully saturated rings. The fourth-order valence-electron chi connectivity index (χ4n) is 3.15. The lowest BCUT2D eigenvalue weighted by molar-refractivity contribution is 0.628. The van der Waals surface area contributed by atoms with Gasteiger partial charge in [-0.25, -0.2) is 4.39 Å². The lowest BCUT2D eigenvalue weighted by Gasteiger charge is -2.16. The number of hydrogen-bond donors (Lipinski definition) is 1. The van der Waals surface area contributed by atoms with Gasteiger partial charge in [-0.1, -0.05) is 23.7 Å². The van der Waals surface area contributed by atoms with Gasteiger partial charge in [-0.15, -0.1) is 11.6 Å². The van der Waals surface area contributed by atoms with Gasteiger partial charge in [0.25, 0.3) is 0 Å². The summed E-state index contributed by atoms with van der Waals surface area (Å²) in [5.41, 5.74) is 4.21. The van der Waals surface area contributed by atoms with Crippen LogP contribution in [-0.4, -0.2) is 17.1 Å². The van der Waals surface area contributed by atoms with Crippen molar-refractivity contribution in [1.82, 2.24) is 4.98 Å². The zero-order valence-electron chi connectivity index (χ0n) is 13.3. The molecule has 0 saturated carbocycles. The number of rotatable bonds is 6. The smallest absolute Gasteiger partial charge is 0.124 e. The largest absolute Gasteiger partial charge is 0.361 e. The molecule has 0 radical (unpaired) electrons. The second kappa shape index (κ2) is 7.81. The molecular formula is C19H18Cl2FNS. The zero-order valence-corrected chi connectivity index (χ0v) is 15.6. The van der Waals surface area contributed by atoms with Crippen molar-refractivity contribution in [2.24, 2.45) is 0 Å². The third-order valence-electron chi connectivity index (χ3n) is 4.21. The van der Waals surface area contributed by atoms with Crippen LogP contribution in [0.2, 0.25) is 5.02 Å². The van der Waals surface area contributed by atoms with Crippen LogP contribution < -0.4 is 0 Å². The predicted octanol–water partition coefficient (Wildman–Crippen LogP) is 6.58. The van der Waals surface area contributed by atoms with Crippen LogP contribution in [0.5, 0.6) is 0 Å². The Kier molecular flexibility index (Phi) is 5.75. The summed E-state index contributed by atoms with van der Waals surface area (Å²) in [6, 6.07) is 11.0. The Morgan fingerprint density at radius 2 is 1.96 bits per heavy atom. The van der Waals surface area contributed by atoms with Gasteiger partial charge in [-0.05, 0) is 53.6 Å². The maximum Gasteiger partial charge on any atom is 0.124 e. The number of alkyl halides is 1. The lowest BCUT2D eigenvalue weighted by atomic mass is 9.88. The molecule has 0 aliphatic heterocycles. The first-order valence-electron chi connectivity index (χ1n) is 7.73. The van der Waals surface area contributed by atoms with E-state index in [1.165, 1.54) is 0 Å². The quantitative estimate of drug-likeness (QED) is 0.476. The molecule has 1 atom stereocenters. The van der Waals surface area contributed by atoms with E-state index in [-0.39, 0.29) is 11.7 Å². The Bertz CT molecular complexity index is 829. The van der Waals surface area contributed by atoms with Crippen molar-refractivity contribution in [3.05, 3.63) is 70.1 Å². The third kappa shape index (κ3) is 3.58. The highest BCUT2D eigenvalue weighted by molar-refractivity contribution is 7.97. The summed E-state index contributed by atoms with van der Waals surface area (Å²) >= 11 is 13.7. The van der Waals surface area contributed by atoms with E-state index in [0.29, 0.717) is 10.9 Å². The Morgan fingerprint density at radius 3 is 2.62 bits per heavy atom. The van der Waals surface area contributed by atoms with Crippen molar-refractivity contribution >= 4 is 45.9 Å². The van der Waals surface area contributed by atoms with Gasteiger partial charge < -0.3 is 4.98 Å². The summed E-state index contributed by atoms with van der Waals surface area (Å²) < 4.78 is 14.1. The average molecular weight is 382 g/mol. The van der Waals surface area contributed by atoms with E-state index >= 15 is 0 Å². The van der Waals surface area contributed by atoms with E-state index in [9.17, 15) is 4.39 Å². The van der Waals surface area contributed by atoms with Gasteiger partial charge in [0, 0.05) is 39.7 Å². The first-order chi connectivity index (χ1) is 11.6. The lowest BCUT2D eigenvalue weighted by Crippen LogP contribution is -2.01. The van der Waals surface area contributed by atoms with Crippen molar-refractivity contribution in [1.29, 1.82) is 0 Å². The van der Waals surface area contributed by atoms with Crippen molar-refractivity contribution in [2.45, 2.75) is 18.1 Å². The minimum absolute atomic E-state index is 0.109. The van der Waals surface area contributed by atoms with Crippen LogP contribution in [0, 0.1) is 5.82 Å². The van der Waals surface area contributed by atoms with E-state index in [0.717, 1.165) is 39.8 Å². The minimum atomic E-state index is -0.201. The number of nitrogens with one attached hydrogen (secondary N) is 1. The van der Waals surface area contributed by atoms with Gasteiger partial charge >= 0.3 is 0 Å². The van der Waals surface area contributed by atoms with Crippen LogP contribution in [0.15, 0.2) is 42.6 Å². The van der Waals surface area contributed by atoms with Gasteiger partial charge in [-0.2, -0.15) is 11.8 Å². The molecule has 0 amide bonds. The van der Waals surface area contributed by atoms with Gasteiger partial charge in [0.1, 0.15) is 5.82 Å². The summed E-state index contributed by atoms with van der Waals surface area (Å²) in [4.78, 5) is 3.34. The fraction of sp³-hybridized carbons (Fsp3) is 0.263. The number of benzene rings is 2. The first kappa shape index (κ1) is 17.7. The molecule has 1 N–H and O–H groups in total. The number of fused-ring (bicyclic) bond motifs is 1. The molecule has 0 saturated heterocycles. The number of H-pyrrole nitrogens is 1. The zero-order chi connectivity index (χ0) is 17.1. The van der Waals surface area contributed by atoms with Crippen LogP contribution in [0.3, 0.4) is 0 Å². The average Bonchev–Trinajstić information content (AvgIpc) is 2.97. The molecule has 0 aliphatic carbocycles. The van der Waals surface area contributed by atoms with Gasteiger partial charge in [0.05, 0.1) is 0 Å². The minimum Gasteiger partial charge on any atom is -0.361 e. The maximum absolute atomic E-state index is 14.1. The van der Waals surface area contributed by atoms with Gasteiger partial charge in [-0.3, -0.25) is 0 Å². The Balaban J connectivity index is 2.12. The molecule has 2 aromatic carbocycles. The predicted molar refractivity (Wildman–Crippen MR) is 104 cm³/mol. The SMILES string of the molecule is CSCc1cc(F)cc2c(C(CCCl)c3ccc(Cl)cc3)c[nH]c12. The number of hydrogen-bond acceptors (Lipinski definition) is 1. The van der Waals surface area contributed by atoms with Crippen LogP contribution in [0.25, 0.3) is 10.9 Å². The van der Waals surface area contributed by atoms with Crippen molar-refractivity contribution < 1.29 is 4.39 Å². The molecule has 1 nitrogen and oxygen atoms in total. The first-order valence-corrected chi connectivity index (χ1v) is 10.0. The summed E-state index contributed by atoms with van der Waals surface area (Å²) in [5.74, 6) is 1.22. The molecule has 3 aromatic rings. The molecule has 0 bridgehead atoms. The number of aromatic amines is 1. The molecule has 3 rings (SSSR count). The molecule has 1 heterocycles. The van der Waals surface area contributed by atoms with Crippen LogP contribution in [0.1, 0.15) is 29.0 Å². The molecule has 1 unspecified atom stereocenters. The molecular weight excluding hydrogens is 364 g/mol. The molecule has 24 heavy (non-hydrogen) atoms. The highest BCUT2D eigenvalue weighted by Gasteiger charge is 2.19. The summed E-state index contributed by atoms with van der Waals surface area (Å²) in [7, 11) is 0. The fourth-order valence-corrected chi connectivity index (χ4v) is 4.04. The normalized spacial score (nSPS) is 12.7. The molecule has 0 aliphatic rings. The van der Waals surface area contributed by atoms with E-state index in [2.05, 4.69) is 4.98 Å². The van der Waals surface area contributed by atoms with Crippen LogP contribution >= 0.6 is 35.0 Å². The topological polar surface area (TPSA) is 15.8 Å². The van der Waals surface area contributed by atoms with Crippen LogP contribution in [-0.2, 0) is 5.75 Å². The molecule has 5 heteroatoms. The summed E-state index contributed by atoms with van der Waals surface area (Å²) in [6.07, 6.45) is 4.79. The number of aromatic nitrogens is 1. The highest BCUT2D eigenvalue weighted by Crippen LogP contribution is 2.36. The monoisotopic (exact) mass is 381 g/mol. The summed E-state index contributed by atoms with van der Waals surface area (Å²) in [6.45, 7) is 0. The van der Waals surface area contributed by atoms with Crippen molar-refractivity contribution in [3.8, 4) is 0 Å². The summed E-state index contributed by atoms with van der Waals surface area (Å²) in [5, 5.41) is 1.64. The second-order valence-electron chi connectivity index (χ2n) is 5.75. The van der Waals surface area contributed by atoms with Crippen molar-refractivity contribution in [3.63, 3.8) is 0 Å². The van der Waals surface area contributed by atoms with E-state index in [1.807, 2.05) is 36.7 Å². The molecule has 1 aromatic heterocycles. The van der Waals surface area contributed by atoms with E-state index in [4.69, 9.17) is 23.2 Å². The van der Waals surface area contributed by atoms with Crippen LogP contribution in [0.4, 0.5) is 4.39 Å². The number of thioether (sulfide) groups is 1. The Morgan fingerprint density at radius 1 is 1.21 bits per heavy atom. The number of halogens is 3. The Labute approximate surface area is 155 Å². The standard InChI is InChI=1S/C19H18Cl2FNS/c1-24-11-13-8-15(22)9-17-18(10-23-19(13)17)16(6-7-20)12-2-4-14(21)5-3-12/h2-5,8-10,16,23H,6-7,11H2,1H3. The second-order valence-corrected chi connectivity index (χ2v) is 7.43. The highest BCUT2D eigenvalue weighted by atomic mass is 35.5. The van der Waals surface area contributed by atoms with Gasteiger partial charge in [0.15, 0.2) is 0 Å². The molecule has 126 valence electrons. The van der Waals surface area contributed by atoms with Gasteiger partial charge in [0.2, 0.25) is 0 Å². The third-order valence-corrected chi connectivity index (χ3v) is 5.28. The van der Waals surface area contributed by atoms with Crippen molar-refractivity contribution in [2.75, 3.05) is 12.1 Å². The van der Waals surface area contributed by atoms with E-state index < -0.39 is 0 Å². The van der Waals surface area contributed by atoms with E-state index in [1.54, 1.807) is 23.9 Å². The molecule has 0 spiro atoms. The Hall–Kier alpha value is -1.16. The maximum atomic E-state index is 14.1.